The highest BCUT2D eigenvalue weighted by Gasteiger charge is 2.48. The highest BCUT2D eigenvalue weighted by Crippen LogP contribution is 2.55. The molecule has 0 unspecified atom stereocenters. The predicted octanol–water partition coefficient (Wildman–Crippen LogP) is 3.11. The van der Waals surface area contributed by atoms with Crippen molar-refractivity contribution in [3.05, 3.63) is 82.4 Å². The van der Waals surface area contributed by atoms with E-state index in [1.54, 1.807) is 0 Å². The molecule has 13 nitrogen and oxygen atoms in total. The molecule has 0 saturated carbocycles. The Morgan fingerprint density at radius 2 is 1.19 bits per heavy atom. The molecule has 4 atom stereocenters. The molecule has 4 aromatic carbocycles. The Balaban J connectivity index is 1.59. The molecule has 4 aromatic rings. The molecule has 0 fully saturated rings. The highest BCUT2D eigenvalue weighted by molar-refractivity contribution is 6.10. The van der Waals surface area contributed by atoms with Crippen molar-refractivity contribution in [3.8, 4) is 57.5 Å². The van der Waals surface area contributed by atoms with E-state index in [0.717, 1.165) is 30.3 Å². The average molecular weight is 590 g/mol. The van der Waals surface area contributed by atoms with E-state index in [1.165, 1.54) is 24.3 Å². The zero-order chi connectivity index (χ0) is 30.9. The minimum Gasteiger partial charge on any atom is -0.508 e. The van der Waals surface area contributed by atoms with Crippen LogP contribution in [0.15, 0.2) is 54.6 Å². The number of benzene rings is 4. The Hall–Kier alpha value is -5.82. The standard InChI is InChI=1S/C30H22O13/c31-12-3-1-10(2-4-12)28-23(25(39)20-14(33)7-13(32)8-19(20)42-28)21-15(34)9-16(35)22-26(40)27(41)29(43-30(21)22)11-5-17(36)24(38)18(37)6-11/h1-9,23,27-29,31-38,41H/t23-,27+,28+,29-/m1/s1. The summed E-state index contributed by atoms with van der Waals surface area (Å²) in [5.41, 5.74) is -1.26. The summed E-state index contributed by atoms with van der Waals surface area (Å²) in [6.07, 6.45) is -5.02. The van der Waals surface area contributed by atoms with E-state index in [2.05, 4.69) is 0 Å². The molecule has 0 amide bonds. The van der Waals surface area contributed by atoms with E-state index in [-0.39, 0.29) is 33.8 Å². The van der Waals surface area contributed by atoms with Crippen LogP contribution < -0.4 is 9.47 Å². The normalized spacial score (nSPS) is 21.0. The summed E-state index contributed by atoms with van der Waals surface area (Å²) in [4.78, 5) is 27.5. The fourth-order valence-corrected chi connectivity index (χ4v) is 5.46. The number of ether oxygens (including phenoxy) is 2. The van der Waals surface area contributed by atoms with Gasteiger partial charge in [-0.25, -0.2) is 0 Å². The van der Waals surface area contributed by atoms with Crippen LogP contribution in [0, 0.1) is 0 Å². The number of aliphatic hydroxyl groups is 1. The molecule has 0 aromatic heterocycles. The van der Waals surface area contributed by atoms with Crippen molar-refractivity contribution in [2.75, 3.05) is 0 Å². The van der Waals surface area contributed by atoms with Crippen LogP contribution in [-0.2, 0) is 0 Å². The van der Waals surface area contributed by atoms with Gasteiger partial charge in [-0.05, 0) is 29.8 Å². The molecule has 13 heteroatoms. The Labute approximate surface area is 240 Å². The molecule has 6 rings (SSSR count). The van der Waals surface area contributed by atoms with Gasteiger partial charge < -0.3 is 55.4 Å². The van der Waals surface area contributed by atoms with E-state index < -0.39 is 87.4 Å². The monoisotopic (exact) mass is 590 g/mol. The molecule has 43 heavy (non-hydrogen) atoms. The van der Waals surface area contributed by atoms with Crippen LogP contribution >= 0.6 is 0 Å². The summed E-state index contributed by atoms with van der Waals surface area (Å²) in [5, 5.41) is 92.9. The fourth-order valence-electron chi connectivity index (χ4n) is 5.46. The van der Waals surface area contributed by atoms with Crippen LogP contribution in [0.2, 0.25) is 0 Å². The molecule has 220 valence electrons. The van der Waals surface area contributed by atoms with Crippen molar-refractivity contribution in [2.24, 2.45) is 0 Å². The van der Waals surface area contributed by atoms with Crippen molar-refractivity contribution < 1.29 is 65.0 Å². The van der Waals surface area contributed by atoms with Crippen molar-refractivity contribution >= 4 is 11.6 Å². The molecule has 0 bridgehead atoms. The molecule has 9 N–H and O–H groups in total. The number of aliphatic hydroxyl groups excluding tert-OH is 1. The fraction of sp³-hybridized carbons (Fsp3) is 0.133. The van der Waals surface area contributed by atoms with Crippen LogP contribution in [-0.4, -0.2) is 63.6 Å². The second kappa shape index (κ2) is 9.63. The number of phenols is 8. The first-order valence-electron chi connectivity index (χ1n) is 12.7. The Morgan fingerprint density at radius 1 is 0.558 bits per heavy atom. The van der Waals surface area contributed by atoms with Crippen LogP contribution in [0.3, 0.4) is 0 Å². The van der Waals surface area contributed by atoms with Gasteiger partial charge in [0.1, 0.15) is 57.5 Å². The van der Waals surface area contributed by atoms with E-state index in [4.69, 9.17) is 9.47 Å². The van der Waals surface area contributed by atoms with Gasteiger partial charge in [0.2, 0.25) is 5.78 Å². The smallest absolute Gasteiger partial charge is 0.202 e. The number of rotatable bonds is 3. The van der Waals surface area contributed by atoms with Crippen LogP contribution in [0.4, 0.5) is 0 Å². The maximum Gasteiger partial charge on any atom is 0.202 e. The Kier molecular flexibility index (Phi) is 6.13. The molecule has 2 aliphatic rings. The Morgan fingerprint density at radius 3 is 1.84 bits per heavy atom. The second-order valence-electron chi connectivity index (χ2n) is 10.1. The van der Waals surface area contributed by atoms with Gasteiger partial charge in [-0.2, -0.15) is 0 Å². The van der Waals surface area contributed by atoms with Gasteiger partial charge in [0.05, 0.1) is 11.5 Å². The molecule has 0 spiro atoms. The first-order chi connectivity index (χ1) is 20.4. The van der Waals surface area contributed by atoms with Gasteiger partial charge in [-0.3, -0.25) is 9.59 Å². The molecular formula is C30H22O13. The number of carbonyl (C=O) groups excluding carboxylic acids is 2. The van der Waals surface area contributed by atoms with Crippen molar-refractivity contribution in [1.82, 2.24) is 0 Å². The van der Waals surface area contributed by atoms with Gasteiger partial charge in [-0.15, -0.1) is 0 Å². The molecule has 0 saturated heterocycles. The predicted molar refractivity (Wildman–Crippen MR) is 143 cm³/mol. The van der Waals surface area contributed by atoms with Gasteiger partial charge in [-0.1, -0.05) is 12.1 Å². The van der Waals surface area contributed by atoms with Crippen molar-refractivity contribution in [3.63, 3.8) is 0 Å². The van der Waals surface area contributed by atoms with Gasteiger partial charge in [0.15, 0.2) is 35.2 Å². The van der Waals surface area contributed by atoms with Crippen LogP contribution in [0.1, 0.15) is 55.5 Å². The number of carbonyl (C=O) groups is 2. The third-order valence-electron chi connectivity index (χ3n) is 7.43. The zero-order valence-corrected chi connectivity index (χ0v) is 21.7. The number of fused-ring (bicyclic) bond motifs is 2. The lowest BCUT2D eigenvalue weighted by Gasteiger charge is -2.37. The number of hydrogen-bond donors (Lipinski definition) is 9. The van der Waals surface area contributed by atoms with E-state index in [0.29, 0.717) is 0 Å². The topological polar surface area (TPSA) is 235 Å². The number of hydrogen-bond acceptors (Lipinski definition) is 13. The van der Waals surface area contributed by atoms with Crippen molar-refractivity contribution in [2.45, 2.75) is 24.2 Å². The zero-order valence-electron chi connectivity index (χ0n) is 21.7. The largest absolute Gasteiger partial charge is 0.508 e. The third kappa shape index (κ3) is 4.21. The summed E-state index contributed by atoms with van der Waals surface area (Å²) in [7, 11) is 0. The minimum absolute atomic E-state index is 0.117. The van der Waals surface area contributed by atoms with E-state index in [9.17, 15) is 55.5 Å². The lowest BCUT2D eigenvalue weighted by Crippen LogP contribution is -2.38. The summed E-state index contributed by atoms with van der Waals surface area (Å²) in [6, 6.07) is 10.0. The highest BCUT2D eigenvalue weighted by atomic mass is 16.5. The van der Waals surface area contributed by atoms with Crippen LogP contribution in [0.5, 0.6) is 57.5 Å². The summed E-state index contributed by atoms with van der Waals surface area (Å²) in [6.45, 7) is 0. The van der Waals surface area contributed by atoms with Gasteiger partial charge in [0, 0.05) is 23.8 Å². The molecule has 2 heterocycles. The SMILES string of the molecule is O=C1c2c(O)cc(O)c([C@@H]3C(=O)c4c(O)cc(O)cc4O[C@H]3c3ccc(O)cc3)c2O[C@H](c2cc(O)c(O)c(O)c2)[C@H]1O. The van der Waals surface area contributed by atoms with Gasteiger partial charge in [0.25, 0.3) is 0 Å². The molecule has 0 radical (unpaired) electrons. The van der Waals surface area contributed by atoms with Gasteiger partial charge >= 0.3 is 0 Å². The number of Topliss-reactive ketones (excluding diaryl/α,β-unsaturated/α-hetero) is 2. The van der Waals surface area contributed by atoms with E-state index >= 15 is 0 Å². The number of ketones is 2. The molecular weight excluding hydrogens is 568 g/mol. The maximum absolute atomic E-state index is 14.1. The van der Waals surface area contributed by atoms with E-state index in [1.807, 2.05) is 0 Å². The lowest BCUT2D eigenvalue weighted by molar-refractivity contribution is 0.0195. The average Bonchev–Trinajstić information content (AvgIpc) is 2.94. The summed E-state index contributed by atoms with van der Waals surface area (Å²) in [5.74, 6) is -9.48. The molecule has 2 aliphatic heterocycles. The first-order valence-corrected chi connectivity index (χ1v) is 12.7. The minimum atomic E-state index is -2.02. The van der Waals surface area contributed by atoms with Crippen LogP contribution in [0.25, 0.3) is 0 Å². The Bertz CT molecular complexity index is 1810. The number of aromatic hydroxyl groups is 8. The number of phenolic OH excluding ortho intramolecular Hbond substituents is 8. The quantitative estimate of drug-likeness (QED) is 0.156. The summed E-state index contributed by atoms with van der Waals surface area (Å²) >= 11 is 0. The first kappa shape index (κ1) is 27.4. The maximum atomic E-state index is 14.1. The third-order valence-corrected chi connectivity index (χ3v) is 7.43. The summed E-state index contributed by atoms with van der Waals surface area (Å²) < 4.78 is 12.0. The molecule has 0 aliphatic carbocycles. The second-order valence-corrected chi connectivity index (χ2v) is 10.1. The van der Waals surface area contributed by atoms with Crippen molar-refractivity contribution in [1.29, 1.82) is 0 Å². The lowest BCUT2D eigenvalue weighted by atomic mass is 9.78.